The number of nitrogens with two attached hydrogens (primary N) is 1. The summed E-state index contributed by atoms with van der Waals surface area (Å²) in [4.78, 5) is 11.4. The highest BCUT2D eigenvalue weighted by Crippen LogP contribution is 2.30. The smallest absolute Gasteiger partial charge is 0.356 e. The van der Waals surface area contributed by atoms with Gasteiger partial charge in [-0.2, -0.15) is 5.10 Å². The molecule has 1 unspecified atom stereocenters. The van der Waals surface area contributed by atoms with Crippen molar-refractivity contribution in [3.8, 4) is 5.69 Å². The maximum atomic E-state index is 11.4. The molecule has 0 radical (unpaired) electrons. The van der Waals surface area contributed by atoms with Crippen molar-refractivity contribution in [2.24, 2.45) is 11.1 Å². The fraction of sp³-hybridized carbons (Fsp3) is 0.333. The molecule has 1 atom stereocenters. The van der Waals surface area contributed by atoms with E-state index in [9.17, 15) is 18.3 Å². The molecule has 122 valence electrons. The van der Waals surface area contributed by atoms with Crippen molar-refractivity contribution in [1.82, 2.24) is 9.78 Å². The van der Waals surface area contributed by atoms with Crippen molar-refractivity contribution < 1.29 is 18.3 Å². The fourth-order valence-electron chi connectivity index (χ4n) is 2.95. The van der Waals surface area contributed by atoms with Crippen LogP contribution in [0, 0.1) is 5.92 Å². The summed E-state index contributed by atoms with van der Waals surface area (Å²) >= 11 is 0. The van der Waals surface area contributed by atoms with E-state index in [1.165, 1.54) is 12.1 Å². The van der Waals surface area contributed by atoms with Crippen LogP contribution in [0.4, 0.5) is 0 Å². The number of carbonyl (C=O) groups is 1. The average molecular weight is 335 g/mol. The molecule has 0 amide bonds. The Morgan fingerprint density at radius 1 is 1.35 bits per heavy atom. The minimum atomic E-state index is -3.76. The van der Waals surface area contributed by atoms with Crippen LogP contribution in [0.25, 0.3) is 5.69 Å². The van der Waals surface area contributed by atoms with Gasteiger partial charge in [0.25, 0.3) is 0 Å². The zero-order chi connectivity index (χ0) is 16.8. The van der Waals surface area contributed by atoms with Crippen LogP contribution in [0.3, 0.4) is 0 Å². The predicted octanol–water partition coefficient (Wildman–Crippen LogP) is 1.34. The molecule has 0 saturated carbocycles. The van der Waals surface area contributed by atoms with E-state index < -0.39 is 16.0 Å². The number of sulfonamides is 1. The molecule has 0 spiro atoms. The summed E-state index contributed by atoms with van der Waals surface area (Å²) in [7, 11) is -3.76. The maximum absolute atomic E-state index is 11.4. The lowest BCUT2D eigenvalue weighted by Crippen LogP contribution is -2.15. The molecule has 7 nitrogen and oxygen atoms in total. The molecule has 0 saturated heterocycles. The number of carboxylic acid groups (broad SMARTS) is 1. The molecule has 3 N–H and O–H groups in total. The molecule has 1 aliphatic rings. The largest absolute Gasteiger partial charge is 0.476 e. The van der Waals surface area contributed by atoms with E-state index in [0.29, 0.717) is 18.0 Å². The molecule has 1 aliphatic carbocycles. The van der Waals surface area contributed by atoms with Gasteiger partial charge in [0, 0.05) is 11.3 Å². The Kier molecular flexibility index (Phi) is 3.73. The van der Waals surface area contributed by atoms with Gasteiger partial charge < -0.3 is 5.11 Å². The summed E-state index contributed by atoms with van der Waals surface area (Å²) in [5.41, 5.74) is 2.34. The molecule has 23 heavy (non-hydrogen) atoms. The number of aromatic carboxylic acids is 1. The minimum Gasteiger partial charge on any atom is -0.476 e. The number of fused-ring (bicyclic) bond motifs is 1. The molecule has 1 aromatic heterocycles. The standard InChI is InChI=1S/C15H17N3O4S/c1-9-2-7-13-12(8-9)14(15(19)20)17-18(13)10-3-5-11(6-4-10)23(16,21)22/h3-6,9H,2,7-8H2,1H3,(H,19,20)(H2,16,21,22). The third kappa shape index (κ3) is 2.87. The van der Waals surface area contributed by atoms with Crippen LogP contribution < -0.4 is 5.14 Å². The van der Waals surface area contributed by atoms with Gasteiger partial charge in [-0.1, -0.05) is 6.92 Å². The topological polar surface area (TPSA) is 115 Å². The first-order valence-corrected chi connectivity index (χ1v) is 8.79. The summed E-state index contributed by atoms with van der Waals surface area (Å²) in [6, 6.07) is 5.95. The van der Waals surface area contributed by atoms with Gasteiger partial charge in [0.1, 0.15) is 0 Å². The molecule has 0 bridgehead atoms. The second-order valence-corrected chi connectivity index (χ2v) is 7.44. The summed E-state index contributed by atoms with van der Waals surface area (Å²) < 4.78 is 24.2. The fourth-order valence-corrected chi connectivity index (χ4v) is 3.47. The van der Waals surface area contributed by atoms with Crippen molar-refractivity contribution >= 4 is 16.0 Å². The number of hydrogen-bond donors (Lipinski definition) is 2. The molecule has 1 aromatic carbocycles. The normalized spacial score (nSPS) is 17.7. The summed E-state index contributed by atoms with van der Waals surface area (Å²) in [5, 5.41) is 18.7. The predicted molar refractivity (Wildman–Crippen MR) is 83.1 cm³/mol. The van der Waals surface area contributed by atoms with Gasteiger partial charge in [0.15, 0.2) is 5.69 Å². The van der Waals surface area contributed by atoms with Crippen LogP contribution >= 0.6 is 0 Å². The molecule has 3 rings (SSSR count). The number of benzene rings is 1. The SMILES string of the molecule is CC1CCc2c(c(C(=O)O)nn2-c2ccc(S(N)(=O)=O)cc2)C1. The van der Waals surface area contributed by atoms with E-state index in [2.05, 4.69) is 12.0 Å². The van der Waals surface area contributed by atoms with Gasteiger partial charge in [0.2, 0.25) is 10.0 Å². The monoisotopic (exact) mass is 335 g/mol. The highest BCUT2D eigenvalue weighted by Gasteiger charge is 2.28. The molecule has 0 aliphatic heterocycles. The molecular formula is C15H17N3O4S. The van der Waals surface area contributed by atoms with Crippen LogP contribution in [-0.2, 0) is 22.9 Å². The van der Waals surface area contributed by atoms with Gasteiger partial charge >= 0.3 is 5.97 Å². The van der Waals surface area contributed by atoms with Crippen LogP contribution in [0.1, 0.15) is 35.1 Å². The van der Waals surface area contributed by atoms with Gasteiger partial charge in [-0.05, 0) is 49.4 Å². The Morgan fingerprint density at radius 3 is 2.57 bits per heavy atom. The second-order valence-electron chi connectivity index (χ2n) is 5.88. The van der Waals surface area contributed by atoms with Crippen molar-refractivity contribution in [2.45, 2.75) is 31.1 Å². The third-order valence-electron chi connectivity index (χ3n) is 4.13. The Balaban J connectivity index is 2.10. The zero-order valence-corrected chi connectivity index (χ0v) is 13.4. The number of hydrogen-bond acceptors (Lipinski definition) is 4. The van der Waals surface area contributed by atoms with Crippen LogP contribution in [0.15, 0.2) is 29.2 Å². The molecular weight excluding hydrogens is 318 g/mol. The summed E-state index contributed by atoms with van der Waals surface area (Å²) in [5.74, 6) is -0.627. The van der Waals surface area contributed by atoms with E-state index in [-0.39, 0.29) is 10.6 Å². The van der Waals surface area contributed by atoms with Gasteiger partial charge in [-0.25, -0.2) is 23.0 Å². The summed E-state index contributed by atoms with van der Waals surface area (Å²) in [6.07, 6.45) is 2.40. The number of rotatable bonds is 3. The van der Waals surface area contributed by atoms with E-state index in [1.807, 2.05) is 0 Å². The van der Waals surface area contributed by atoms with Gasteiger partial charge in [-0.3, -0.25) is 0 Å². The van der Waals surface area contributed by atoms with E-state index in [0.717, 1.165) is 24.1 Å². The third-order valence-corrected chi connectivity index (χ3v) is 5.06. The highest BCUT2D eigenvalue weighted by atomic mass is 32.2. The van der Waals surface area contributed by atoms with Crippen LogP contribution in [0.2, 0.25) is 0 Å². The lowest BCUT2D eigenvalue weighted by atomic mass is 9.87. The molecule has 8 heteroatoms. The van der Waals surface area contributed by atoms with E-state index in [1.54, 1.807) is 16.8 Å². The minimum absolute atomic E-state index is 0.00866. The number of aromatic nitrogens is 2. The Hall–Kier alpha value is -2.19. The lowest BCUT2D eigenvalue weighted by molar-refractivity contribution is 0.0688. The van der Waals surface area contributed by atoms with Crippen LogP contribution in [0.5, 0.6) is 0 Å². The van der Waals surface area contributed by atoms with E-state index in [4.69, 9.17) is 5.14 Å². The first kappa shape index (κ1) is 15.7. The molecule has 1 heterocycles. The maximum Gasteiger partial charge on any atom is 0.356 e. The Labute approximate surface area is 133 Å². The summed E-state index contributed by atoms with van der Waals surface area (Å²) in [6.45, 7) is 2.09. The zero-order valence-electron chi connectivity index (χ0n) is 12.6. The second kappa shape index (κ2) is 5.47. The lowest BCUT2D eigenvalue weighted by Gasteiger charge is -2.19. The Morgan fingerprint density at radius 2 is 2.00 bits per heavy atom. The highest BCUT2D eigenvalue weighted by molar-refractivity contribution is 7.89. The van der Waals surface area contributed by atoms with Crippen molar-refractivity contribution in [3.63, 3.8) is 0 Å². The quantitative estimate of drug-likeness (QED) is 0.878. The number of nitrogens with zero attached hydrogens (tertiary/aromatic N) is 2. The first-order chi connectivity index (χ1) is 10.8. The molecule has 0 fully saturated rings. The van der Waals surface area contributed by atoms with Gasteiger partial charge in [-0.15, -0.1) is 0 Å². The number of carboxylic acids is 1. The number of primary sulfonamides is 1. The van der Waals surface area contributed by atoms with Gasteiger partial charge in [0.05, 0.1) is 10.6 Å². The van der Waals surface area contributed by atoms with Crippen molar-refractivity contribution in [2.75, 3.05) is 0 Å². The van der Waals surface area contributed by atoms with E-state index >= 15 is 0 Å². The first-order valence-electron chi connectivity index (χ1n) is 7.24. The van der Waals surface area contributed by atoms with Crippen LogP contribution in [-0.4, -0.2) is 29.3 Å². The van der Waals surface area contributed by atoms with Crippen molar-refractivity contribution in [1.29, 1.82) is 0 Å². The Bertz CT molecular complexity index is 869. The van der Waals surface area contributed by atoms with Crippen molar-refractivity contribution in [3.05, 3.63) is 41.2 Å². The molecule has 2 aromatic rings. The average Bonchev–Trinajstić information content (AvgIpc) is 2.85.